The Balaban J connectivity index is 4.52. The van der Waals surface area contributed by atoms with Gasteiger partial charge in [-0.3, -0.25) is 14.4 Å². The van der Waals surface area contributed by atoms with Gasteiger partial charge >= 0.3 is 11.9 Å². The molecule has 0 rings (SSSR count). The maximum atomic E-state index is 11.1. The second-order valence-corrected chi connectivity index (χ2v) is 9.36. The average molecular weight is 377 g/mol. The first-order chi connectivity index (χ1) is 9.20. The molecule has 3 atom stereocenters. The molecule has 0 aliphatic carbocycles. The molecule has 7 nitrogen and oxygen atoms in total. The summed E-state index contributed by atoms with van der Waals surface area (Å²) in [6.45, 7) is 1.17. The number of aliphatic carboxylic acids is 2. The van der Waals surface area contributed by atoms with E-state index in [1.807, 2.05) is 0 Å². The normalized spacial score (nSPS) is 15.2. The fraction of sp³-hybridized carbons (Fsp3) is 0.625. The molecule has 20 heavy (non-hydrogen) atoms. The van der Waals surface area contributed by atoms with Crippen LogP contribution in [0.5, 0.6) is 0 Å². The van der Waals surface area contributed by atoms with E-state index >= 15 is 0 Å². The summed E-state index contributed by atoms with van der Waals surface area (Å²) in [5.74, 6) is -2.82. The number of carbonyl (C=O) groups excluding carboxylic acids is 1. The monoisotopic (exact) mass is 376 g/mol. The molecule has 0 spiro atoms. The van der Waals surface area contributed by atoms with E-state index in [1.54, 1.807) is 0 Å². The summed E-state index contributed by atoms with van der Waals surface area (Å²) in [5.41, 5.74) is 0. The van der Waals surface area contributed by atoms with Crippen molar-refractivity contribution in [2.24, 2.45) is 0 Å². The molecular weight excluding hydrogens is 364 g/mol. The van der Waals surface area contributed by atoms with E-state index in [9.17, 15) is 14.4 Å². The second kappa shape index (κ2) is 9.84. The van der Waals surface area contributed by atoms with Crippen LogP contribution in [0.2, 0.25) is 0 Å². The van der Waals surface area contributed by atoms with E-state index in [-0.39, 0.29) is 11.5 Å². The zero-order chi connectivity index (χ0) is 15.9. The molecule has 0 bridgehead atoms. The summed E-state index contributed by atoms with van der Waals surface area (Å²) < 4.78 is 2.88. The number of carboxylic acids is 2. The first kappa shape index (κ1) is 20.0. The van der Waals surface area contributed by atoms with Crippen LogP contribution in [0.4, 0.5) is 0 Å². The number of amides is 1. The summed E-state index contributed by atoms with van der Waals surface area (Å²) in [7, 11) is 0.210. The molecule has 0 aromatic rings. The fourth-order valence-electron chi connectivity index (χ4n) is 0.935. The lowest BCUT2D eigenvalue weighted by Gasteiger charge is -2.34. The Morgan fingerprint density at radius 1 is 1.40 bits per heavy atom. The highest BCUT2D eigenvalue weighted by atomic mass is 33.3. The van der Waals surface area contributed by atoms with Crippen molar-refractivity contribution < 1.29 is 24.6 Å². The van der Waals surface area contributed by atoms with Gasteiger partial charge in [-0.15, -0.1) is 0 Å². The van der Waals surface area contributed by atoms with Crippen LogP contribution in [-0.4, -0.2) is 56.0 Å². The predicted molar refractivity (Wildman–Crippen MR) is 85.3 cm³/mol. The lowest BCUT2D eigenvalue weighted by Crippen LogP contribution is -2.43. The molecule has 0 saturated heterocycles. The lowest BCUT2D eigenvalue weighted by molar-refractivity contribution is -0.144. The molecule has 0 radical (unpaired) electrons. The van der Waals surface area contributed by atoms with Gasteiger partial charge in [0, 0.05) is 18.4 Å². The summed E-state index contributed by atoms with van der Waals surface area (Å²) in [6.07, 6.45) is 0. The van der Waals surface area contributed by atoms with E-state index in [4.69, 9.17) is 34.2 Å². The molecular formula is C8H12N2O5S5-2. The fourth-order valence-corrected chi connectivity index (χ4v) is 5.07. The molecule has 0 heterocycles. The third-order valence-corrected chi connectivity index (χ3v) is 6.97. The van der Waals surface area contributed by atoms with Crippen LogP contribution in [0.3, 0.4) is 0 Å². The van der Waals surface area contributed by atoms with Crippen LogP contribution < -0.4 is 4.72 Å². The second-order valence-electron chi connectivity index (χ2n) is 3.46. The minimum atomic E-state index is -1.24. The molecule has 0 aliphatic rings. The molecule has 12 heteroatoms. The van der Waals surface area contributed by atoms with E-state index < -0.39 is 38.4 Å². The van der Waals surface area contributed by atoms with Gasteiger partial charge in [0.2, 0.25) is 0 Å². The van der Waals surface area contributed by atoms with Gasteiger partial charge in [-0.25, -0.2) is 0 Å². The van der Waals surface area contributed by atoms with Gasteiger partial charge in [0.05, 0.1) is 6.04 Å². The Hall–Kier alpha value is -0.0100. The van der Waals surface area contributed by atoms with Crippen molar-refractivity contribution in [1.29, 1.82) is 0 Å². The quantitative estimate of drug-likeness (QED) is 0.342. The topological polar surface area (TPSA) is 107 Å². The number of nitrogens with zero attached hydrogens (tertiary/aromatic N) is 1. The maximum absolute atomic E-state index is 11.1. The summed E-state index contributed by atoms with van der Waals surface area (Å²) in [5, 5.41) is 17.8. The van der Waals surface area contributed by atoms with E-state index in [2.05, 4.69) is 17.5 Å². The molecule has 0 fully saturated rings. The zero-order valence-electron chi connectivity index (χ0n) is 10.2. The van der Waals surface area contributed by atoms with Gasteiger partial charge < -0.3 is 44.9 Å². The number of rotatable bonds is 9. The van der Waals surface area contributed by atoms with Crippen LogP contribution in [0.25, 0.3) is 0 Å². The van der Waals surface area contributed by atoms with Gasteiger partial charge in [0.15, 0.2) is 5.91 Å². The Morgan fingerprint density at radius 2 is 1.95 bits per heavy atom. The van der Waals surface area contributed by atoms with Gasteiger partial charge in [0.25, 0.3) is 0 Å². The third kappa shape index (κ3) is 7.13. The first-order valence-electron chi connectivity index (χ1n) is 5.02. The van der Waals surface area contributed by atoms with Crippen LogP contribution in [0.15, 0.2) is 0 Å². The number of nitrogens with one attached hydrogen (secondary N) is 1. The van der Waals surface area contributed by atoms with Crippen molar-refractivity contribution in [3.05, 3.63) is 0 Å². The number of carbonyl (C=O) groups is 3. The Kier molecular flexibility index (Phi) is 9.84. The van der Waals surface area contributed by atoms with Crippen molar-refractivity contribution in [3.8, 4) is 0 Å². The highest BCUT2D eigenvalue weighted by Gasteiger charge is 2.22. The van der Waals surface area contributed by atoms with Crippen molar-refractivity contribution in [2.75, 3.05) is 11.5 Å². The highest BCUT2D eigenvalue weighted by molar-refractivity contribution is 8.82. The Labute approximate surface area is 137 Å². The van der Waals surface area contributed by atoms with Gasteiger partial charge in [-0.1, -0.05) is 19.3 Å². The largest absolute Gasteiger partial charge is 0.704 e. The predicted octanol–water partition coefficient (Wildman–Crippen LogP) is -1.02. The third-order valence-electron chi connectivity index (χ3n) is 1.98. The van der Waals surface area contributed by atoms with Crippen molar-refractivity contribution >= 4 is 73.9 Å². The van der Waals surface area contributed by atoms with Gasteiger partial charge in [-0.2, -0.15) is 0 Å². The van der Waals surface area contributed by atoms with Gasteiger partial charge in [0.1, 0.15) is 6.04 Å². The van der Waals surface area contributed by atoms with E-state index in [0.29, 0.717) is 4.31 Å². The van der Waals surface area contributed by atoms with Crippen LogP contribution >= 0.6 is 10.8 Å². The van der Waals surface area contributed by atoms with Crippen LogP contribution in [0.1, 0.15) is 6.92 Å². The average Bonchev–Trinajstić information content (AvgIpc) is 2.34. The van der Waals surface area contributed by atoms with Crippen molar-refractivity contribution in [3.63, 3.8) is 0 Å². The van der Waals surface area contributed by atoms with Crippen LogP contribution in [-0.2, 0) is 59.7 Å². The SMILES string of the molecule is CC(=O)N([S-])C(CS(=S)SCC(N[S-])C(=O)O)C(=O)O. The molecule has 0 aromatic carbocycles. The standard InChI is InChI=1S/C8H12N2O5S5/c1-4(11)10(17)6(8(14)15)3-20(18)19-2-5(9-16)7(12)13/h5-6,9H,2-3H2,1H3,(H,12,13)(H,14,15)/q-2. The molecule has 0 aromatic heterocycles. The van der Waals surface area contributed by atoms with Crippen LogP contribution in [0, 0.1) is 0 Å². The zero-order valence-corrected chi connectivity index (χ0v) is 14.3. The Morgan fingerprint density at radius 3 is 2.30 bits per heavy atom. The number of carboxylic acid groups (broad SMARTS) is 2. The molecule has 3 unspecified atom stereocenters. The molecule has 116 valence electrons. The molecule has 0 aliphatic heterocycles. The highest BCUT2D eigenvalue weighted by Crippen LogP contribution is 2.14. The number of hydrogen-bond donors (Lipinski definition) is 3. The minimum Gasteiger partial charge on any atom is -0.704 e. The molecule has 1 amide bonds. The maximum Gasteiger partial charge on any atom is 0.325 e. The lowest BCUT2D eigenvalue weighted by atomic mass is 10.3. The van der Waals surface area contributed by atoms with E-state index in [0.717, 1.165) is 10.8 Å². The summed E-state index contributed by atoms with van der Waals surface area (Å²) >= 11 is 14.3. The van der Waals surface area contributed by atoms with Crippen molar-refractivity contribution in [1.82, 2.24) is 9.03 Å². The Bertz CT molecular complexity index is 407. The number of hydrogen-bond acceptors (Lipinski definition) is 8. The summed E-state index contributed by atoms with van der Waals surface area (Å²) in [4.78, 5) is 32.9. The summed E-state index contributed by atoms with van der Waals surface area (Å²) in [6, 6.07) is -2.14. The van der Waals surface area contributed by atoms with Gasteiger partial charge in [-0.05, 0) is 11.2 Å². The molecule has 3 N–H and O–H groups in total. The van der Waals surface area contributed by atoms with E-state index in [1.165, 1.54) is 6.92 Å². The van der Waals surface area contributed by atoms with Crippen molar-refractivity contribution in [2.45, 2.75) is 19.0 Å². The molecule has 0 saturated carbocycles. The first-order valence-corrected chi connectivity index (χ1v) is 9.62. The minimum absolute atomic E-state index is 0.0256. The smallest absolute Gasteiger partial charge is 0.325 e.